The van der Waals surface area contributed by atoms with Gasteiger partial charge in [0.25, 0.3) is 0 Å². The Kier molecular flexibility index (Phi) is 101. The van der Waals surface area contributed by atoms with Gasteiger partial charge in [-0.1, -0.05) is 0 Å². The summed E-state index contributed by atoms with van der Waals surface area (Å²) in [6.07, 6.45) is 0. The fraction of sp³-hybridized carbons (Fsp3) is 1.00. The van der Waals surface area contributed by atoms with Gasteiger partial charge < -0.3 is 0 Å². The summed E-state index contributed by atoms with van der Waals surface area (Å²) in [6, 6.07) is 0. The van der Waals surface area contributed by atoms with Gasteiger partial charge in [-0.25, -0.2) is 0 Å². The third-order valence-corrected chi connectivity index (χ3v) is 0.200. The molecule has 3 unspecified atom stereocenters. The highest BCUT2D eigenvalue weighted by molar-refractivity contribution is 6.92. The molecule has 3 atom stereocenters. The number of rotatable bonds is 0. The van der Waals surface area contributed by atoms with E-state index in [2.05, 4.69) is 10.2 Å². The lowest BCUT2D eigenvalue weighted by molar-refractivity contribution is 1.11. The van der Waals surface area contributed by atoms with Gasteiger partial charge in [0.2, 0.25) is 0 Å². The van der Waals surface area contributed by atoms with Crippen molar-refractivity contribution in [3.63, 3.8) is 0 Å². The monoisotopic (exact) mass is 160 g/mol. The summed E-state index contributed by atoms with van der Waals surface area (Å²) in [5, 5.41) is 6.72. The zero-order valence-electron chi connectivity index (χ0n) is 5.02. The van der Waals surface area contributed by atoms with Gasteiger partial charge in [-0.15, -0.1) is 0 Å². The first-order chi connectivity index (χ1) is 1.91. The third kappa shape index (κ3) is 46.1. The van der Waals surface area contributed by atoms with Crippen LogP contribution in [0.5, 0.6) is 0 Å². The van der Waals surface area contributed by atoms with Gasteiger partial charge in [-0.05, 0) is 0 Å². The van der Waals surface area contributed by atoms with Crippen LogP contribution in [0.3, 0.4) is 0 Å². The van der Waals surface area contributed by atoms with Crippen LogP contribution in [0.1, 0.15) is 0 Å². The molecule has 0 aromatic heterocycles. The quantitative estimate of drug-likeness (QED) is 0.371. The number of nitrogens with zero attached hydrogens (tertiary/aromatic N) is 2. The Bertz CT molecular complexity index is 26.1. The molecule has 0 saturated carbocycles. The summed E-state index contributed by atoms with van der Waals surface area (Å²) in [4.78, 5) is 0. The van der Waals surface area contributed by atoms with Crippen LogP contribution in [-0.2, 0) is 0 Å². The first-order valence-corrected chi connectivity index (χ1v) is 1.09. The van der Waals surface area contributed by atoms with E-state index in [0.717, 1.165) is 0 Å². The second-order valence-electron chi connectivity index (χ2n) is 0.400. The van der Waals surface area contributed by atoms with E-state index >= 15 is 0 Å². The van der Waals surface area contributed by atoms with Crippen LogP contribution in [0.2, 0.25) is 0 Å². The molecule has 0 aromatic carbocycles. The van der Waals surface area contributed by atoms with Crippen molar-refractivity contribution in [3.8, 4) is 0 Å². The van der Waals surface area contributed by atoms with Gasteiger partial charge >= 0.3 is 0 Å². The second kappa shape index (κ2) is 28.6. The number of hydrogen-bond donors (Lipinski definition) is 0. The van der Waals surface area contributed by atoms with E-state index < -0.39 is 0 Å². The van der Waals surface area contributed by atoms with Gasteiger partial charge in [-0.2, -0.15) is 39.9 Å². The van der Waals surface area contributed by atoms with Crippen molar-refractivity contribution in [1.29, 1.82) is 0 Å². The minimum Gasteiger partial charge on any atom is -0.198 e. The highest BCUT2D eigenvalue weighted by atomic mass is 31.0. The second-order valence-corrected chi connectivity index (χ2v) is 0.400. The zero-order valence-corrected chi connectivity index (χ0v) is 9.26. The molecule has 0 aliphatic rings. The summed E-state index contributed by atoms with van der Waals surface area (Å²) in [5.74, 6) is 0. The molecule has 0 aliphatic heterocycles. The summed E-state index contributed by atoms with van der Waals surface area (Å²) in [5.41, 5.74) is 0. The molecular weight excluding hydrogens is 145 g/mol. The van der Waals surface area contributed by atoms with Gasteiger partial charge in [-0.3, -0.25) is 0 Å². The van der Waals surface area contributed by atoms with Crippen LogP contribution < -0.4 is 0 Å². The molecule has 7 heavy (non-hydrogen) atoms. The summed E-state index contributed by atoms with van der Waals surface area (Å²) >= 11 is 0. The van der Waals surface area contributed by atoms with Crippen LogP contribution in [0.15, 0.2) is 10.2 Å². The maximum absolute atomic E-state index is 3.36. The summed E-state index contributed by atoms with van der Waals surface area (Å²) < 4.78 is 0. The molecule has 0 N–H and O–H groups in total. The van der Waals surface area contributed by atoms with E-state index in [9.17, 15) is 0 Å². The lowest BCUT2D eigenvalue weighted by atomic mass is 11.5. The van der Waals surface area contributed by atoms with E-state index in [1.807, 2.05) is 0 Å². The van der Waals surface area contributed by atoms with Crippen molar-refractivity contribution in [2.24, 2.45) is 10.2 Å². The Morgan fingerprint density at radius 3 is 0.857 bits per heavy atom. The third-order valence-electron chi connectivity index (χ3n) is 0.200. The van der Waals surface area contributed by atoms with Crippen molar-refractivity contribution < 1.29 is 0 Å². The van der Waals surface area contributed by atoms with E-state index in [1.54, 1.807) is 14.1 Å². The molecule has 0 heterocycles. The predicted molar refractivity (Wildman–Crippen MR) is 50.0 cm³/mol. The topological polar surface area (TPSA) is 24.7 Å². The van der Waals surface area contributed by atoms with Crippen molar-refractivity contribution in [2.75, 3.05) is 14.1 Å². The van der Waals surface area contributed by atoms with E-state index in [4.69, 9.17) is 0 Å². The van der Waals surface area contributed by atoms with Gasteiger partial charge in [0.05, 0.1) is 0 Å². The fourth-order valence-corrected chi connectivity index (χ4v) is 0. The molecule has 0 aromatic rings. The Hall–Kier alpha value is 0.890. The predicted octanol–water partition coefficient (Wildman–Crippen LogP) is 0.873. The molecule has 0 fully saturated rings. The van der Waals surface area contributed by atoms with Gasteiger partial charge in [0.15, 0.2) is 0 Å². The molecule has 2 nitrogen and oxygen atoms in total. The highest BCUT2D eigenvalue weighted by Gasteiger charge is 1.31. The normalized spacial score (nSPS) is 5.43. The minimum absolute atomic E-state index is 0. The standard InChI is InChI=1S/C2H6N2.3H3P/c1-3-4-2;;;/h1-2H3;3*1H3. The maximum Gasteiger partial charge on any atom is 0.0487 e. The molecular formula is C2H15N2P3. The van der Waals surface area contributed by atoms with Crippen molar-refractivity contribution in [3.05, 3.63) is 0 Å². The molecule has 5 heteroatoms. The Labute approximate surface area is 54.8 Å². The van der Waals surface area contributed by atoms with E-state index in [1.165, 1.54) is 0 Å². The fourth-order valence-electron chi connectivity index (χ4n) is 0. The maximum atomic E-state index is 3.36. The first kappa shape index (κ1) is 24.8. The minimum atomic E-state index is 0. The molecule has 0 saturated heterocycles. The Morgan fingerprint density at radius 2 is 0.857 bits per heavy atom. The average molecular weight is 160 g/mol. The van der Waals surface area contributed by atoms with Crippen molar-refractivity contribution in [1.82, 2.24) is 0 Å². The summed E-state index contributed by atoms with van der Waals surface area (Å²) in [6.45, 7) is 0. The smallest absolute Gasteiger partial charge is 0.0487 e. The van der Waals surface area contributed by atoms with E-state index in [0.29, 0.717) is 0 Å². The molecule has 0 rings (SSSR count). The molecule has 0 amide bonds. The average Bonchev–Trinajstić information content (AvgIpc) is 1.37. The largest absolute Gasteiger partial charge is 0.198 e. The van der Waals surface area contributed by atoms with Crippen LogP contribution in [0.25, 0.3) is 0 Å². The summed E-state index contributed by atoms with van der Waals surface area (Å²) in [7, 11) is 3.28. The number of hydrogen-bond acceptors (Lipinski definition) is 2. The van der Waals surface area contributed by atoms with Gasteiger partial charge in [0.1, 0.15) is 0 Å². The molecule has 0 bridgehead atoms. The van der Waals surface area contributed by atoms with Crippen LogP contribution in [0, 0.1) is 0 Å². The lowest BCUT2D eigenvalue weighted by Crippen LogP contribution is -1.38. The van der Waals surface area contributed by atoms with Crippen LogP contribution >= 0.6 is 29.7 Å². The Balaban J connectivity index is -0.0000000150. The van der Waals surface area contributed by atoms with Crippen molar-refractivity contribution in [2.45, 2.75) is 0 Å². The SMILES string of the molecule is CN=NC.P.P.P. The van der Waals surface area contributed by atoms with Crippen LogP contribution in [-0.4, -0.2) is 14.1 Å². The van der Waals surface area contributed by atoms with Crippen LogP contribution in [0.4, 0.5) is 0 Å². The number of azo groups is 1. The molecule has 48 valence electrons. The van der Waals surface area contributed by atoms with Gasteiger partial charge in [0, 0.05) is 14.1 Å². The Morgan fingerprint density at radius 1 is 0.714 bits per heavy atom. The molecule has 0 radical (unpaired) electrons. The lowest BCUT2D eigenvalue weighted by Gasteiger charge is -1.54. The molecule has 0 spiro atoms. The zero-order chi connectivity index (χ0) is 3.41. The van der Waals surface area contributed by atoms with E-state index in [-0.39, 0.29) is 29.7 Å². The van der Waals surface area contributed by atoms with Crippen molar-refractivity contribution >= 4 is 29.7 Å². The first-order valence-electron chi connectivity index (χ1n) is 1.09. The molecule has 0 aliphatic carbocycles. The highest BCUT2D eigenvalue weighted by Crippen LogP contribution is 1.48.